The molecule has 0 aliphatic heterocycles. The topological polar surface area (TPSA) is 21.7 Å². The standard InChI is InChI=1S/C17H21NO2.C2H6/c1-18(12-14-4-8-16(19-2)9-5-14)13-15-6-10-17(20-3)11-7-15;1-2/h4-11H,12-13H2,1-3H3;1-2H3. The second kappa shape index (κ2) is 9.85. The van der Waals surface area contributed by atoms with E-state index in [1.165, 1.54) is 11.1 Å². The lowest BCUT2D eigenvalue weighted by Crippen LogP contribution is -2.17. The molecular formula is C19H27NO2. The van der Waals surface area contributed by atoms with Gasteiger partial charge in [0.05, 0.1) is 14.2 Å². The van der Waals surface area contributed by atoms with Gasteiger partial charge in [0, 0.05) is 13.1 Å². The van der Waals surface area contributed by atoms with Gasteiger partial charge in [-0.3, -0.25) is 4.90 Å². The zero-order valence-electron chi connectivity index (χ0n) is 14.3. The van der Waals surface area contributed by atoms with Gasteiger partial charge in [-0.05, 0) is 42.4 Å². The number of hydrogen-bond acceptors (Lipinski definition) is 3. The molecule has 3 nitrogen and oxygen atoms in total. The van der Waals surface area contributed by atoms with Gasteiger partial charge in [0.25, 0.3) is 0 Å². The second-order valence-electron chi connectivity index (χ2n) is 4.87. The molecule has 0 bridgehead atoms. The summed E-state index contributed by atoms with van der Waals surface area (Å²) >= 11 is 0. The van der Waals surface area contributed by atoms with Crippen LogP contribution in [0.1, 0.15) is 25.0 Å². The van der Waals surface area contributed by atoms with Crippen molar-refractivity contribution >= 4 is 0 Å². The average Bonchev–Trinajstić information content (AvgIpc) is 2.58. The van der Waals surface area contributed by atoms with E-state index in [-0.39, 0.29) is 0 Å². The van der Waals surface area contributed by atoms with Crippen molar-refractivity contribution in [3.63, 3.8) is 0 Å². The van der Waals surface area contributed by atoms with Gasteiger partial charge < -0.3 is 9.47 Å². The van der Waals surface area contributed by atoms with Gasteiger partial charge in [-0.15, -0.1) is 0 Å². The molecule has 2 aromatic carbocycles. The molecule has 0 aliphatic rings. The third-order valence-corrected chi connectivity index (χ3v) is 3.22. The van der Waals surface area contributed by atoms with Crippen LogP contribution in [0, 0.1) is 0 Å². The molecule has 0 fully saturated rings. The fourth-order valence-electron chi connectivity index (χ4n) is 2.14. The first kappa shape index (κ1) is 18.1. The number of hydrogen-bond donors (Lipinski definition) is 0. The average molecular weight is 301 g/mol. The van der Waals surface area contributed by atoms with Crippen LogP contribution in [0.15, 0.2) is 48.5 Å². The van der Waals surface area contributed by atoms with E-state index in [1.54, 1.807) is 14.2 Å². The minimum Gasteiger partial charge on any atom is -0.497 e. The van der Waals surface area contributed by atoms with Gasteiger partial charge in [0.1, 0.15) is 11.5 Å². The third kappa shape index (κ3) is 5.78. The Balaban J connectivity index is 0.00000116. The van der Waals surface area contributed by atoms with E-state index in [4.69, 9.17) is 9.47 Å². The van der Waals surface area contributed by atoms with E-state index in [1.807, 2.05) is 38.1 Å². The second-order valence-corrected chi connectivity index (χ2v) is 4.87. The smallest absolute Gasteiger partial charge is 0.118 e. The highest BCUT2D eigenvalue weighted by Gasteiger charge is 2.03. The summed E-state index contributed by atoms with van der Waals surface area (Å²) in [5, 5.41) is 0. The van der Waals surface area contributed by atoms with Gasteiger partial charge in [-0.25, -0.2) is 0 Å². The molecule has 0 aliphatic carbocycles. The summed E-state index contributed by atoms with van der Waals surface area (Å²) in [5.41, 5.74) is 2.56. The Hall–Kier alpha value is -2.00. The lowest BCUT2D eigenvalue weighted by atomic mass is 10.1. The van der Waals surface area contributed by atoms with Crippen molar-refractivity contribution in [1.82, 2.24) is 4.90 Å². The maximum atomic E-state index is 5.17. The summed E-state index contributed by atoms with van der Waals surface area (Å²) < 4.78 is 10.3. The van der Waals surface area contributed by atoms with Crippen LogP contribution in [0.5, 0.6) is 11.5 Å². The number of methoxy groups -OCH3 is 2. The Kier molecular flexibility index (Phi) is 8.08. The molecule has 22 heavy (non-hydrogen) atoms. The molecule has 0 heterocycles. The highest BCUT2D eigenvalue weighted by Crippen LogP contribution is 2.15. The zero-order valence-corrected chi connectivity index (χ0v) is 14.3. The van der Waals surface area contributed by atoms with Crippen molar-refractivity contribution in [2.45, 2.75) is 26.9 Å². The van der Waals surface area contributed by atoms with Gasteiger partial charge in [0.2, 0.25) is 0 Å². The molecule has 0 N–H and O–H groups in total. The SMILES string of the molecule is CC.COc1ccc(CN(C)Cc2ccc(OC)cc2)cc1. The number of nitrogens with zero attached hydrogens (tertiary/aromatic N) is 1. The predicted molar refractivity (Wildman–Crippen MR) is 92.5 cm³/mol. The summed E-state index contributed by atoms with van der Waals surface area (Å²) in [6, 6.07) is 16.4. The van der Waals surface area contributed by atoms with Crippen molar-refractivity contribution in [2.24, 2.45) is 0 Å². The molecule has 0 atom stereocenters. The summed E-state index contributed by atoms with van der Waals surface area (Å²) in [7, 11) is 5.49. The van der Waals surface area contributed by atoms with Crippen LogP contribution in [0.25, 0.3) is 0 Å². The van der Waals surface area contributed by atoms with Gasteiger partial charge in [-0.1, -0.05) is 38.1 Å². The van der Waals surface area contributed by atoms with E-state index >= 15 is 0 Å². The molecule has 0 saturated carbocycles. The first-order valence-corrected chi connectivity index (χ1v) is 7.65. The molecule has 120 valence electrons. The number of rotatable bonds is 6. The number of benzene rings is 2. The van der Waals surface area contributed by atoms with Crippen LogP contribution in [0.2, 0.25) is 0 Å². The molecule has 0 amide bonds. The summed E-state index contributed by atoms with van der Waals surface area (Å²) in [6.45, 7) is 5.83. The number of ether oxygens (including phenoxy) is 2. The first-order valence-electron chi connectivity index (χ1n) is 7.65. The summed E-state index contributed by atoms with van der Waals surface area (Å²) in [4.78, 5) is 2.28. The first-order chi connectivity index (χ1) is 10.7. The Labute approximate surface area is 134 Å². The quantitative estimate of drug-likeness (QED) is 0.791. The van der Waals surface area contributed by atoms with Crippen LogP contribution < -0.4 is 9.47 Å². The van der Waals surface area contributed by atoms with Gasteiger partial charge >= 0.3 is 0 Å². The molecule has 0 saturated heterocycles. The van der Waals surface area contributed by atoms with Crippen LogP contribution >= 0.6 is 0 Å². The fraction of sp³-hybridized carbons (Fsp3) is 0.368. The largest absolute Gasteiger partial charge is 0.497 e. The molecule has 0 aromatic heterocycles. The van der Waals surface area contributed by atoms with Crippen LogP contribution in [-0.4, -0.2) is 26.2 Å². The van der Waals surface area contributed by atoms with Crippen LogP contribution in [0.3, 0.4) is 0 Å². The highest BCUT2D eigenvalue weighted by atomic mass is 16.5. The fourth-order valence-corrected chi connectivity index (χ4v) is 2.14. The van der Waals surface area contributed by atoms with E-state index in [0.29, 0.717) is 0 Å². The zero-order chi connectivity index (χ0) is 16.4. The summed E-state index contributed by atoms with van der Waals surface area (Å²) in [6.07, 6.45) is 0. The summed E-state index contributed by atoms with van der Waals surface area (Å²) in [5.74, 6) is 1.79. The van der Waals surface area contributed by atoms with Crippen LogP contribution in [0.4, 0.5) is 0 Å². The Morgan fingerprint density at radius 1 is 0.682 bits per heavy atom. The molecular weight excluding hydrogens is 274 g/mol. The molecule has 0 radical (unpaired) electrons. The van der Waals surface area contributed by atoms with Crippen molar-refractivity contribution in [3.8, 4) is 11.5 Å². The molecule has 3 heteroatoms. The van der Waals surface area contributed by atoms with Gasteiger partial charge in [0.15, 0.2) is 0 Å². The van der Waals surface area contributed by atoms with E-state index in [0.717, 1.165) is 24.6 Å². The van der Waals surface area contributed by atoms with Crippen molar-refractivity contribution < 1.29 is 9.47 Å². The van der Waals surface area contributed by atoms with Gasteiger partial charge in [-0.2, -0.15) is 0 Å². The third-order valence-electron chi connectivity index (χ3n) is 3.22. The van der Waals surface area contributed by atoms with E-state index in [9.17, 15) is 0 Å². The van der Waals surface area contributed by atoms with E-state index < -0.39 is 0 Å². The lowest BCUT2D eigenvalue weighted by Gasteiger charge is -2.17. The minimum atomic E-state index is 0.895. The molecule has 0 spiro atoms. The normalized spacial score (nSPS) is 9.91. The monoisotopic (exact) mass is 301 g/mol. The van der Waals surface area contributed by atoms with Crippen molar-refractivity contribution in [1.29, 1.82) is 0 Å². The van der Waals surface area contributed by atoms with E-state index in [2.05, 4.69) is 36.2 Å². The minimum absolute atomic E-state index is 0.895. The molecule has 2 aromatic rings. The predicted octanol–water partition coefficient (Wildman–Crippen LogP) is 4.36. The van der Waals surface area contributed by atoms with Crippen molar-refractivity contribution in [2.75, 3.05) is 21.3 Å². The molecule has 2 rings (SSSR count). The molecule has 0 unspecified atom stereocenters. The Morgan fingerprint density at radius 2 is 1.00 bits per heavy atom. The Morgan fingerprint density at radius 3 is 1.27 bits per heavy atom. The lowest BCUT2D eigenvalue weighted by molar-refractivity contribution is 0.318. The maximum Gasteiger partial charge on any atom is 0.118 e. The van der Waals surface area contributed by atoms with Crippen molar-refractivity contribution in [3.05, 3.63) is 59.7 Å². The maximum absolute atomic E-state index is 5.17. The highest BCUT2D eigenvalue weighted by molar-refractivity contribution is 5.28. The van der Waals surface area contributed by atoms with Crippen LogP contribution in [-0.2, 0) is 13.1 Å². The Bertz CT molecular complexity index is 471.